The Bertz CT molecular complexity index is 996. The monoisotopic (exact) mass is 396 g/mol. The Morgan fingerprint density at radius 2 is 2.07 bits per heavy atom. The molecule has 3 aromatic rings. The Kier molecular flexibility index (Phi) is 5.21. The summed E-state index contributed by atoms with van der Waals surface area (Å²) in [7, 11) is 0. The number of fused-ring (bicyclic) bond motifs is 1. The van der Waals surface area contributed by atoms with Gasteiger partial charge in [-0.15, -0.1) is 11.3 Å². The highest BCUT2D eigenvalue weighted by atomic mass is 32.1. The molecular weight excluding hydrogens is 376 g/mol. The van der Waals surface area contributed by atoms with Crippen molar-refractivity contribution in [1.82, 2.24) is 10.3 Å². The average molecular weight is 396 g/mol. The third kappa shape index (κ3) is 4.28. The SMILES string of the molecule is O=C(NCCCc1nc2ccccc2s1)c1ccc(NC2CC2)c([N+](=O)[O-])c1. The van der Waals surface area contributed by atoms with Gasteiger partial charge >= 0.3 is 0 Å². The highest BCUT2D eigenvalue weighted by molar-refractivity contribution is 7.18. The minimum Gasteiger partial charge on any atom is -0.377 e. The summed E-state index contributed by atoms with van der Waals surface area (Å²) in [6.07, 6.45) is 3.58. The number of thiazole rings is 1. The molecule has 1 amide bonds. The van der Waals surface area contributed by atoms with E-state index < -0.39 is 4.92 Å². The Morgan fingerprint density at radius 3 is 2.82 bits per heavy atom. The standard InChI is InChI=1S/C20H20N4O3S/c25-20(13-7-10-15(22-14-8-9-14)17(12-13)24(26)27)21-11-3-6-19-23-16-4-1-2-5-18(16)28-19/h1-2,4-5,7,10,12,14,22H,3,6,8-9,11H2,(H,21,25). The molecule has 0 radical (unpaired) electrons. The molecule has 8 heteroatoms. The highest BCUT2D eigenvalue weighted by Gasteiger charge is 2.25. The van der Waals surface area contributed by atoms with Crippen LogP contribution in [0.4, 0.5) is 11.4 Å². The molecule has 0 aliphatic heterocycles. The topological polar surface area (TPSA) is 97.2 Å². The third-order valence-electron chi connectivity index (χ3n) is 4.58. The molecule has 1 aromatic heterocycles. The van der Waals surface area contributed by atoms with Crippen LogP contribution < -0.4 is 10.6 Å². The van der Waals surface area contributed by atoms with E-state index in [1.165, 1.54) is 6.07 Å². The number of hydrogen-bond acceptors (Lipinski definition) is 6. The van der Waals surface area contributed by atoms with E-state index in [1.807, 2.05) is 24.3 Å². The lowest BCUT2D eigenvalue weighted by molar-refractivity contribution is -0.384. The van der Waals surface area contributed by atoms with Crippen LogP contribution in [0.2, 0.25) is 0 Å². The molecule has 144 valence electrons. The Balaban J connectivity index is 1.32. The van der Waals surface area contributed by atoms with Crippen molar-refractivity contribution < 1.29 is 9.72 Å². The van der Waals surface area contributed by atoms with Crippen LogP contribution in [-0.2, 0) is 6.42 Å². The number of aryl methyl sites for hydroxylation is 1. The van der Waals surface area contributed by atoms with Crippen molar-refractivity contribution in [2.45, 2.75) is 31.7 Å². The van der Waals surface area contributed by atoms with Crippen LogP contribution in [0.1, 0.15) is 34.6 Å². The van der Waals surface area contributed by atoms with Gasteiger partial charge in [0.05, 0.1) is 20.1 Å². The van der Waals surface area contributed by atoms with Gasteiger partial charge in [-0.25, -0.2) is 4.98 Å². The van der Waals surface area contributed by atoms with Crippen molar-refractivity contribution in [2.24, 2.45) is 0 Å². The molecule has 7 nitrogen and oxygen atoms in total. The Morgan fingerprint density at radius 1 is 1.25 bits per heavy atom. The van der Waals surface area contributed by atoms with Gasteiger partial charge in [0.2, 0.25) is 0 Å². The van der Waals surface area contributed by atoms with Gasteiger partial charge in [-0.1, -0.05) is 12.1 Å². The normalized spacial score (nSPS) is 13.4. The van der Waals surface area contributed by atoms with E-state index >= 15 is 0 Å². The van der Waals surface area contributed by atoms with Crippen molar-refractivity contribution >= 4 is 38.8 Å². The van der Waals surface area contributed by atoms with Gasteiger partial charge in [-0.05, 0) is 43.5 Å². The number of aromatic nitrogens is 1. The first-order valence-electron chi connectivity index (χ1n) is 9.28. The fraction of sp³-hybridized carbons (Fsp3) is 0.300. The number of nitrogens with zero attached hydrogens (tertiary/aromatic N) is 2. The summed E-state index contributed by atoms with van der Waals surface area (Å²) in [5.41, 5.74) is 1.71. The zero-order valence-corrected chi connectivity index (χ0v) is 16.0. The zero-order valence-electron chi connectivity index (χ0n) is 15.2. The summed E-state index contributed by atoms with van der Waals surface area (Å²) in [6.45, 7) is 0.491. The van der Waals surface area contributed by atoms with E-state index in [4.69, 9.17) is 0 Å². The van der Waals surface area contributed by atoms with E-state index in [1.54, 1.807) is 23.5 Å². The van der Waals surface area contributed by atoms with E-state index in [0.29, 0.717) is 23.8 Å². The number of benzene rings is 2. The van der Waals surface area contributed by atoms with Gasteiger partial charge in [0.25, 0.3) is 11.6 Å². The van der Waals surface area contributed by atoms with Crippen molar-refractivity contribution in [1.29, 1.82) is 0 Å². The second-order valence-corrected chi connectivity index (χ2v) is 7.96. The number of hydrogen-bond donors (Lipinski definition) is 2. The molecule has 1 aliphatic carbocycles. The second kappa shape index (κ2) is 7.93. The lowest BCUT2D eigenvalue weighted by atomic mass is 10.1. The minimum atomic E-state index is -0.450. The summed E-state index contributed by atoms with van der Waals surface area (Å²) < 4.78 is 1.16. The van der Waals surface area contributed by atoms with Crippen molar-refractivity contribution in [3.63, 3.8) is 0 Å². The zero-order chi connectivity index (χ0) is 19.5. The predicted octanol–water partition coefficient (Wildman–Crippen LogP) is 4.14. The molecule has 0 spiro atoms. The second-order valence-electron chi connectivity index (χ2n) is 6.84. The van der Waals surface area contributed by atoms with Gasteiger partial charge in [-0.2, -0.15) is 0 Å². The van der Waals surface area contributed by atoms with Crippen molar-refractivity contribution in [2.75, 3.05) is 11.9 Å². The first kappa shape index (κ1) is 18.4. The highest BCUT2D eigenvalue weighted by Crippen LogP contribution is 2.31. The lowest BCUT2D eigenvalue weighted by Gasteiger charge is -2.08. The molecule has 1 saturated carbocycles. The Labute approximate surface area is 165 Å². The maximum absolute atomic E-state index is 12.4. The molecule has 28 heavy (non-hydrogen) atoms. The third-order valence-corrected chi connectivity index (χ3v) is 5.68. The number of para-hydroxylation sites is 1. The molecule has 1 heterocycles. The molecule has 2 N–H and O–H groups in total. The number of nitro groups is 1. The van der Waals surface area contributed by atoms with Gasteiger partial charge in [0, 0.05) is 30.6 Å². The van der Waals surface area contributed by atoms with Crippen LogP contribution >= 0.6 is 11.3 Å². The summed E-state index contributed by atoms with van der Waals surface area (Å²) in [5.74, 6) is -0.301. The van der Waals surface area contributed by atoms with E-state index in [2.05, 4.69) is 15.6 Å². The number of carbonyl (C=O) groups is 1. The Hall–Kier alpha value is -3.00. The molecule has 0 unspecified atom stereocenters. The number of anilines is 1. The molecule has 0 saturated heterocycles. The van der Waals surface area contributed by atoms with Crippen LogP contribution in [-0.4, -0.2) is 28.4 Å². The van der Waals surface area contributed by atoms with Crippen LogP contribution in [0.3, 0.4) is 0 Å². The number of nitrogens with one attached hydrogen (secondary N) is 2. The molecule has 4 rings (SSSR count). The largest absolute Gasteiger partial charge is 0.377 e. The van der Waals surface area contributed by atoms with Gasteiger partial charge in [-0.3, -0.25) is 14.9 Å². The first-order chi connectivity index (χ1) is 13.6. The summed E-state index contributed by atoms with van der Waals surface area (Å²) in [4.78, 5) is 27.8. The fourth-order valence-electron chi connectivity index (χ4n) is 2.96. The molecule has 0 bridgehead atoms. The number of nitro benzene ring substituents is 1. The maximum atomic E-state index is 12.4. The molecule has 1 fully saturated rings. The number of amides is 1. The fourth-order valence-corrected chi connectivity index (χ4v) is 3.97. The van der Waals surface area contributed by atoms with Gasteiger partial charge < -0.3 is 10.6 Å². The maximum Gasteiger partial charge on any atom is 0.293 e. The van der Waals surface area contributed by atoms with E-state index in [-0.39, 0.29) is 11.6 Å². The quantitative estimate of drug-likeness (QED) is 0.339. The van der Waals surface area contributed by atoms with Crippen LogP contribution in [0, 0.1) is 10.1 Å². The van der Waals surface area contributed by atoms with E-state index in [9.17, 15) is 14.9 Å². The smallest absolute Gasteiger partial charge is 0.293 e. The molecular formula is C20H20N4O3S. The first-order valence-corrected chi connectivity index (χ1v) is 10.1. The van der Waals surface area contributed by atoms with Crippen LogP contribution in [0.15, 0.2) is 42.5 Å². The van der Waals surface area contributed by atoms with Crippen LogP contribution in [0.5, 0.6) is 0 Å². The van der Waals surface area contributed by atoms with E-state index in [0.717, 1.165) is 40.9 Å². The summed E-state index contributed by atoms with van der Waals surface area (Å²) in [6, 6.07) is 12.9. The lowest BCUT2D eigenvalue weighted by Crippen LogP contribution is -2.25. The average Bonchev–Trinajstić information content (AvgIpc) is 3.41. The molecule has 1 aliphatic rings. The molecule has 2 aromatic carbocycles. The van der Waals surface area contributed by atoms with Crippen LogP contribution in [0.25, 0.3) is 10.2 Å². The number of carbonyl (C=O) groups excluding carboxylic acids is 1. The van der Waals surface area contributed by atoms with Crippen molar-refractivity contribution in [3.8, 4) is 0 Å². The summed E-state index contributed by atoms with van der Waals surface area (Å²) in [5, 5.41) is 18.3. The van der Waals surface area contributed by atoms with Crippen molar-refractivity contribution in [3.05, 3.63) is 63.1 Å². The van der Waals surface area contributed by atoms with Gasteiger partial charge in [0.15, 0.2) is 0 Å². The predicted molar refractivity (Wildman–Crippen MR) is 110 cm³/mol. The molecule has 0 atom stereocenters. The summed E-state index contributed by atoms with van der Waals surface area (Å²) >= 11 is 1.66. The number of rotatable bonds is 8. The minimum absolute atomic E-state index is 0.0611. The van der Waals surface area contributed by atoms with Gasteiger partial charge in [0.1, 0.15) is 5.69 Å².